The van der Waals surface area contributed by atoms with E-state index in [0.29, 0.717) is 10.6 Å². The highest BCUT2D eigenvalue weighted by Gasteiger charge is 2.24. The van der Waals surface area contributed by atoms with Gasteiger partial charge in [-0.1, -0.05) is 0 Å². The molecule has 1 atom stereocenters. The van der Waals surface area contributed by atoms with Crippen LogP contribution < -0.4 is 5.43 Å². The highest BCUT2D eigenvalue weighted by Crippen LogP contribution is 2.16. The molecule has 0 aromatic carbocycles. The summed E-state index contributed by atoms with van der Waals surface area (Å²) in [7, 11) is 0. The predicted octanol–water partition coefficient (Wildman–Crippen LogP) is 2.01. The molecule has 0 aliphatic carbocycles. The van der Waals surface area contributed by atoms with Gasteiger partial charge in [0.05, 0.1) is 28.0 Å². The molecule has 1 N–H and O–H groups in total. The van der Waals surface area contributed by atoms with Gasteiger partial charge in [0.2, 0.25) is 0 Å². The molecule has 0 aliphatic heterocycles. The lowest BCUT2D eigenvalue weighted by molar-refractivity contribution is -0.389. The van der Waals surface area contributed by atoms with Crippen LogP contribution in [0.2, 0.25) is 0 Å². The molecule has 0 radical (unpaired) electrons. The topological polar surface area (TPSA) is 102 Å². The maximum atomic E-state index is 12.8. The van der Waals surface area contributed by atoms with E-state index in [4.69, 9.17) is 0 Å². The fraction of sp³-hybridized carbons (Fsp3) is 0.250. The first kappa shape index (κ1) is 15.8. The number of aromatic nitrogens is 2. The Morgan fingerprint density at radius 1 is 1.64 bits per heavy atom. The van der Waals surface area contributed by atoms with Crippen LogP contribution in [0.1, 0.15) is 23.5 Å². The number of nitrogens with zero attached hydrogens (tertiary/aromatic N) is 4. The fourth-order valence-electron chi connectivity index (χ4n) is 1.71. The summed E-state index contributed by atoms with van der Waals surface area (Å²) >= 11 is 0.893. The first-order valence-corrected chi connectivity index (χ1v) is 6.99. The third kappa shape index (κ3) is 3.52. The van der Waals surface area contributed by atoms with Crippen LogP contribution in [0, 0.1) is 22.2 Å². The normalized spacial score (nSPS) is 12.5. The van der Waals surface area contributed by atoms with E-state index in [9.17, 15) is 19.3 Å². The van der Waals surface area contributed by atoms with Gasteiger partial charge in [0.15, 0.2) is 11.2 Å². The number of hydrogen-bond acceptors (Lipinski definition) is 6. The lowest BCUT2D eigenvalue weighted by Gasteiger charge is -2.08. The summed E-state index contributed by atoms with van der Waals surface area (Å²) in [6, 6.07) is 3.33. The van der Waals surface area contributed by atoms with Crippen molar-refractivity contribution in [2.45, 2.75) is 19.9 Å². The van der Waals surface area contributed by atoms with Gasteiger partial charge in [-0.15, -0.1) is 11.3 Å². The second kappa shape index (κ2) is 6.43. The summed E-state index contributed by atoms with van der Waals surface area (Å²) in [4.78, 5) is 22.5. The Morgan fingerprint density at radius 2 is 2.36 bits per heavy atom. The second-order valence-electron chi connectivity index (χ2n) is 4.40. The number of carbonyl (C=O) groups is 1. The molecule has 0 spiro atoms. The van der Waals surface area contributed by atoms with E-state index in [2.05, 4.69) is 15.6 Å². The number of amides is 1. The van der Waals surface area contributed by atoms with Crippen LogP contribution in [0.4, 0.5) is 10.2 Å². The predicted molar refractivity (Wildman–Crippen MR) is 78.3 cm³/mol. The molecule has 0 aliphatic rings. The van der Waals surface area contributed by atoms with Gasteiger partial charge >= 0.3 is 5.82 Å². The van der Waals surface area contributed by atoms with E-state index in [1.165, 1.54) is 29.1 Å². The zero-order valence-corrected chi connectivity index (χ0v) is 12.5. The van der Waals surface area contributed by atoms with Crippen molar-refractivity contribution in [3.05, 3.63) is 44.0 Å². The summed E-state index contributed by atoms with van der Waals surface area (Å²) < 4.78 is 14.0. The SMILES string of the molecule is Cc1cc([N+](=O)[O-])nn1C(C)C(=O)N/N=C/c1ccc(F)s1. The van der Waals surface area contributed by atoms with E-state index in [1.807, 2.05) is 0 Å². The van der Waals surface area contributed by atoms with Gasteiger partial charge in [-0.05, 0) is 30.9 Å². The van der Waals surface area contributed by atoms with Crippen LogP contribution >= 0.6 is 11.3 Å². The van der Waals surface area contributed by atoms with Gasteiger partial charge in [-0.25, -0.2) is 5.43 Å². The van der Waals surface area contributed by atoms with Crippen LogP contribution in [0.5, 0.6) is 0 Å². The molecule has 2 rings (SSSR count). The third-order valence-corrected chi connectivity index (χ3v) is 3.61. The molecular formula is C12H12FN5O3S. The molecule has 0 fully saturated rings. The zero-order chi connectivity index (χ0) is 16.3. The zero-order valence-electron chi connectivity index (χ0n) is 11.7. The van der Waals surface area contributed by atoms with Crippen LogP contribution in [0.3, 0.4) is 0 Å². The van der Waals surface area contributed by atoms with Crippen LogP contribution in [-0.2, 0) is 4.79 Å². The highest BCUT2D eigenvalue weighted by molar-refractivity contribution is 7.12. The van der Waals surface area contributed by atoms with Crippen molar-refractivity contribution < 1.29 is 14.1 Å². The lowest BCUT2D eigenvalue weighted by Crippen LogP contribution is -2.28. The van der Waals surface area contributed by atoms with Gasteiger partial charge in [0, 0.05) is 0 Å². The fourth-order valence-corrected chi connectivity index (χ4v) is 2.32. The number of rotatable bonds is 5. The molecule has 0 saturated heterocycles. The lowest BCUT2D eigenvalue weighted by atomic mass is 10.3. The summed E-state index contributed by atoms with van der Waals surface area (Å²) in [5, 5.41) is 17.8. The first-order chi connectivity index (χ1) is 10.4. The summed E-state index contributed by atoms with van der Waals surface area (Å²) in [5.41, 5.74) is 2.77. The Morgan fingerprint density at radius 3 is 2.91 bits per heavy atom. The second-order valence-corrected chi connectivity index (χ2v) is 5.46. The molecule has 2 aromatic rings. The molecule has 0 saturated carbocycles. The van der Waals surface area contributed by atoms with Gasteiger partial charge in [-0.3, -0.25) is 4.79 Å². The van der Waals surface area contributed by atoms with E-state index >= 15 is 0 Å². The molecule has 2 heterocycles. The van der Waals surface area contributed by atoms with Gasteiger partial charge in [0.25, 0.3) is 5.91 Å². The van der Waals surface area contributed by atoms with Crippen molar-refractivity contribution in [3.63, 3.8) is 0 Å². The van der Waals surface area contributed by atoms with Gasteiger partial charge < -0.3 is 10.1 Å². The Kier molecular flexibility index (Phi) is 4.61. The number of aryl methyl sites for hydroxylation is 1. The van der Waals surface area contributed by atoms with Gasteiger partial charge in [0.1, 0.15) is 0 Å². The molecular weight excluding hydrogens is 313 g/mol. The maximum Gasteiger partial charge on any atom is 0.390 e. The molecule has 10 heteroatoms. The van der Waals surface area contributed by atoms with Crippen molar-refractivity contribution in [1.82, 2.24) is 15.2 Å². The van der Waals surface area contributed by atoms with Crippen LogP contribution in [0.15, 0.2) is 23.3 Å². The Bertz CT molecular complexity index is 739. The van der Waals surface area contributed by atoms with Gasteiger partial charge in [-0.2, -0.15) is 14.2 Å². The van der Waals surface area contributed by atoms with Crippen LogP contribution in [-0.4, -0.2) is 26.8 Å². The number of nitrogens with one attached hydrogen (secondary N) is 1. The number of nitro groups is 1. The van der Waals surface area contributed by atoms with Crippen molar-refractivity contribution in [2.75, 3.05) is 0 Å². The average Bonchev–Trinajstić information content (AvgIpc) is 3.04. The largest absolute Gasteiger partial charge is 0.390 e. The molecule has 2 aromatic heterocycles. The number of hydrogen-bond donors (Lipinski definition) is 1. The van der Waals surface area contributed by atoms with E-state index in [0.717, 1.165) is 11.3 Å². The number of carbonyl (C=O) groups excluding carboxylic acids is 1. The minimum atomic E-state index is -0.772. The van der Waals surface area contributed by atoms with E-state index < -0.39 is 16.9 Å². The smallest absolute Gasteiger partial charge is 0.358 e. The Hall–Kier alpha value is -2.62. The minimum Gasteiger partial charge on any atom is -0.358 e. The first-order valence-electron chi connectivity index (χ1n) is 6.17. The number of hydrazone groups is 1. The monoisotopic (exact) mass is 325 g/mol. The van der Waals surface area contributed by atoms with E-state index in [-0.39, 0.29) is 10.9 Å². The number of thiophene rings is 1. The average molecular weight is 325 g/mol. The molecule has 8 nitrogen and oxygen atoms in total. The minimum absolute atomic E-state index is 0.324. The van der Waals surface area contributed by atoms with Crippen molar-refractivity contribution in [2.24, 2.45) is 5.10 Å². The van der Waals surface area contributed by atoms with Crippen molar-refractivity contribution in [3.8, 4) is 0 Å². The Labute approximate surface area is 128 Å². The molecule has 116 valence electrons. The Balaban J connectivity index is 2.03. The highest BCUT2D eigenvalue weighted by atomic mass is 32.1. The third-order valence-electron chi connectivity index (χ3n) is 2.80. The van der Waals surface area contributed by atoms with Crippen molar-refractivity contribution in [1.29, 1.82) is 0 Å². The quantitative estimate of drug-likeness (QED) is 0.516. The summed E-state index contributed by atoms with van der Waals surface area (Å²) in [5.74, 6) is -0.816. The standard InChI is InChI=1S/C12H12FN5O3S/c1-7-5-11(18(20)21)16-17(7)8(2)12(19)15-14-6-9-3-4-10(13)22-9/h3-6,8H,1-2H3,(H,15,19)/b14-6+. The van der Waals surface area contributed by atoms with Crippen molar-refractivity contribution >= 4 is 29.3 Å². The van der Waals surface area contributed by atoms with E-state index in [1.54, 1.807) is 13.8 Å². The number of halogens is 1. The molecule has 1 amide bonds. The van der Waals surface area contributed by atoms with Crippen LogP contribution in [0.25, 0.3) is 0 Å². The molecule has 1 unspecified atom stereocenters. The summed E-state index contributed by atoms with van der Waals surface area (Å²) in [6.07, 6.45) is 1.32. The molecule has 0 bridgehead atoms. The summed E-state index contributed by atoms with van der Waals surface area (Å²) in [6.45, 7) is 3.15. The molecule has 22 heavy (non-hydrogen) atoms. The maximum absolute atomic E-state index is 12.8.